The Kier molecular flexibility index (Phi) is 5.83. The summed E-state index contributed by atoms with van der Waals surface area (Å²) in [5.74, 6) is 2.91. The van der Waals surface area contributed by atoms with Gasteiger partial charge >= 0.3 is 0 Å². The van der Waals surface area contributed by atoms with Crippen molar-refractivity contribution in [3.05, 3.63) is 23.7 Å². The molecule has 86 valence electrons. The molecule has 1 aromatic rings. The Balaban J connectivity index is 2.32. The van der Waals surface area contributed by atoms with Crippen molar-refractivity contribution < 1.29 is 9.52 Å². The molecule has 1 atom stereocenters. The minimum absolute atomic E-state index is 0.232. The molecule has 1 heterocycles. The summed E-state index contributed by atoms with van der Waals surface area (Å²) in [5, 5.41) is 12.3. The molecule has 0 radical (unpaired) electrons. The molecule has 0 fully saturated rings. The van der Waals surface area contributed by atoms with Crippen LogP contribution in [-0.4, -0.2) is 29.8 Å². The van der Waals surface area contributed by atoms with Crippen molar-refractivity contribution >= 4 is 11.8 Å². The second-order valence-electron chi connectivity index (χ2n) is 3.56. The van der Waals surface area contributed by atoms with E-state index in [-0.39, 0.29) is 6.61 Å². The Bertz CT molecular complexity index is 269. The zero-order valence-corrected chi connectivity index (χ0v) is 10.1. The number of furan rings is 1. The van der Waals surface area contributed by atoms with Crippen molar-refractivity contribution in [1.29, 1.82) is 0 Å². The Morgan fingerprint density at radius 1 is 1.53 bits per heavy atom. The van der Waals surface area contributed by atoms with Gasteiger partial charge in [-0.2, -0.15) is 11.8 Å². The lowest BCUT2D eigenvalue weighted by molar-refractivity contribution is 0.268. The van der Waals surface area contributed by atoms with Crippen LogP contribution in [0.2, 0.25) is 0 Å². The van der Waals surface area contributed by atoms with E-state index in [4.69, 9.17) is 9.52 Å². The Morgan fingerprint density at radius 3 is 2.87 bits per heavy atom. The maximum Gasteiger partial charge on any atom is 0.117 e. The molecule has 1 unspecified atom stereocenters. The summed E-state index contributed by atoms with van der Waals surface area (Å²) in [5.41, 5.74) is 0. The normalized spacial score (nSPS) is 13.0. The third-order valence-electron chi connectivity index (χ3n) is 2.21. The van der Waals surface area contributed by atoms with Gasteiger partial charge in [-0.25, -0.2) is 0 Å². The Morgan fingerprint density at radius 2 is 2.33 bits per heavy atom. The maximum atomic E-state index is 8.89. The molecule has 0 aromatic carbocycles. The number of aryl methyl sites for hydroxylation is 1. The van der Waals surface area contributed by atoms with Gasteiger partial charge in [-0.1, -0.05) is 0 Å². The quantitative estimate of drug-likeness (QED) is 0.748. The van der Waals surface area contributed by atoms with Gasteiger partial charge in [0.05, 0.1) is 6.54 Å². The predicted octanol–water partition coefficient (Wildman–Crippen LogP) is 1.79. The lowest BCUT2D eigenvalue weighted by atomic mass is 10.2. The van der Waals surface area contributed by atoms with Crippen LogP contribution in [0, 0.1) is 6.92 Å². The molecule has 3 nitrogen and oxygen atoms in total. The van der Waals surface area contributed by atoms with Gasteiger partial charge in [0.2, 0.25) is 0 Å². The highest BCUT2D eigenvalue weighted by atomic mass is 32.2. The molecule has 0 bridgehead atoms. The van der Waals surface area contributed by atoms with E-state index in [1.54, 1.807) is 11.8 Å². The van der Waals surface area contributed by atoms with Crippen LogP contribution >= 0.6 is 11.8 Å². The summed E-state index contributed by atoms with van der Waals surface area (Å²) in [6.45, 7) is 2.91. The SMILES string of the molecule is CSCC(CCO)NCc1ccc(C)o1. The molecule has 15 heavy (non-hydrogen) atoms. The molecule has 0 amide bonds. The molecule has 0 aliphatic heterocycles. The first-order valence-electron chi connectivity index (χ1n) is 5.14. The summed E-state index contributed by atoms with van der Waals surface area (Å²) in [7, 11) is 0. The van der Waals surface area contributed by atoms with Gasteiger partial charge in [0, 0.05) is 18.4 Å². The van der Waals surface area contributed by atoms with Crippen molar-refractivity contribution in [2.75, 3.05) is 18.6 Å². The number of nitrogens with one attached hydrogen (secondary N) is 1. The molecule has 0 saturated carbocycles. The highest BCUT2D eigenvalue weighted by molar-refractivity contribution is 7.98. The first kappa shape index (κ1) is 12.6. The molecule has 2 N–H and O–H groups in total. The van der Waals surface area contributed by atoms with Crippen LogP contribution in [0.1, 0.15) is 17.9 Å². The van der Waals surface area contributed by atoms with Crippen LogP contribution in [0.4, 0.5) is 0 Å². The average molecular weight is 229 g/mol. The van der Waals surface area contributed by atoms with E-state index in [0.29, 0.717) is 6.04 Å². The van der Waals surface area contributed by atoms with E-state index in [2.05, 4.69) is 11.6 Å². The fourth-order valence-corrected chi connectivity index (χ4v) is 2.11. The molecule has 0 saturated heterocycles. The van der Waals surface area contributed by atoms with Crippen molar-refractivity contribution in [3.8, 4) is 0 Å². The second-order valence-corrected chi connectivity index (χ2v) is 4.47. The van der Waals surface area contributed by atoms with E-state index < -0.39 is 0 Å². The monoisotopic (exact) mass is 229 g/mol. The summed E-state index contributed by atoms with van der Waals surface area (Å²) in [4.78, 5) is 0. The van der Waals surface area contributed by atoms with Gasteiger partial charge in [-0.15, -0.1) is 0 Å². The van der Waals surface area contributed by atoms with E-state index in [1.165, 1.54) is 0 Å². The molecule has 1 rings (SSSR count). The van der Waals surface area contributed by atoms with E-state index in [0.717, 1.165) is 30.2 Å². The number of hydrogen-bond acceptors (Lipinski definition) is 4. The largest absolute Gasteiger partial charge is 0.465 e. The lowest BCUT2D eigenvalue weighted by Gasteiger charge is -2.15. The van der Waals surface area contributed by atoms with Crippen molar-refractivity contribution in [2.45, 2.75) is 25.9 Å². The van der Waals surface area contributed by atoms with Crippen LogP contribution in [0.15, 0.2) is 16.5 Å². The molecule has 0 aliphatic carbocycles. The Labute approximate surface area is 95.2 Å². The van der Waals surface area contributed by atoms with E-state index >= 15 is 0 Å². The van der Waals surface area contributed by atoms with Crippen LogP contribution in [0.5, 0.6) is 0 Å². The van der Waals surface area contributed by atoms with Crippen molar-refractivity contribution in [1.82, 2.24) is 5.32 Å². The first-order chi connectivity index (χ1) is 7.26. The van der Waals surface area contributed by atoms with Gasteiger partial charge in [0.15, 0.2) is 0 Å². The minimum Gasteiger partial charge on any atom is -0.465 e. The third kappa shape index (κ3) is 4.73. The van der Waals surface area contributed by atoms with Gasteiger partial charge in [0.25, 0.3) is 0 Å². The van der Waals surface area contributed by atoms with E-state index in [9.17, 15) is 0 Å². The Hall–Kier alpha value is -0.450. The number of aliphatic hydroxyl groups excluding tert-OH is 1. The van der Waals surface area contributed by atoms with Crippen LogP contribution < -0.4 is 5.32 Å². The zero-order valence-electron chi connectivity index (χ0n) is 9.32. The highest BCUT2D eigenvalue weighted by Crippen LogP contribution is 2.07. The smallest absolute Gasteiger partial charge is 0.117 e. The van der Waals surface area contributed by atoms with Gasteiger partial charge in [0.1, 0.15) is 11.5 Å². The minimum atomic E-state index is 0.232. The van der Waals surface area contributed by atoms with E-state index in [1.807, 2.05) is 19.1 Å². The highest BCUT2D eigenvalue weighted by Gasteiger charge is 2.07. The molecular formula is C11H19NO2S. The zero-order chi connectivity index (χ0) is 11.1. The summed E-state index contributed by atoms with van der Waals surface area (Å²) >= 11 is 1.79. The fraction of sp³-hybridized carbons (Fsp3) is 0.636. The van der Waals surface area contributed by atoms with Crippen LogP contribution in [-0.2, 0) is 6.54 Å². The standard InChI is InChI=1S/C11H19NO2S/c1-9-3-4-11(14-9)7-12-10(5-6-13)8-15-2/h3-4,10,12-13H,5-8H2,1-2H3. The predicted molar refractivity (Wildman–Crippen MR) is 64.2 cm³/mol. The van der Waals surface area contributed by atoms with Crippen LogP contribution in [0.3, 0.4) is 0 Å². The number of hydrogen-bond donors (Lipinski definition) is 2. The average Bonchev–Trinajstić information content (AvgIpc) is 2.61. The molecule has 0 spiro atoms. The molecular weight excluding hydrogens is 210 g/mol. The topological polar surface area (TPSA) is 45.4 Å². The second kappa shape index (κ2) is 6.93. The summed E-state index contributed by atoms with van der Waals surface area (Å²) in [6, 6.07) is 4.31. The van der Waals surface area contributed by atoms with Crippen LogP contribution in [0.25, 0.3) is 0 Å². The first-order valence-corrected chi connectivity index (χ1v) is 6.54. The fourth-order valence-electron chi connectivity index (χ4n) is 1.43. The molecule has 4 heteroatoms. The maximum absolute atomic E-state index is 8.89. The van der Waals surface area contributed by atoms with Crippen molar-refractivity contribution in [2.24, 2.45) is 0 Å². The van der Waals surface area contributed by atoms with Gasteiger partial charge < -0.3 is 14.8 Å². The number of rotatable bonds is 7. The molecule has 1 aromatic heterocycles. The summed E-state index contributed by atoms with van der Waals surface area (Å²) < 4.78 is 5.46. The lowest BCUT2D eigenvalue weighted by Crippen LogP contribution is -2.31. The summed E-state index contributed by atoms with van der Waals surface area (Å²) in [6.07, 6.45) is 2.86. The number of aliphatic hydroxyl groups is 1. The third-order valence-corrected chi connectivity index (χ3v) is 2.94. The number of thioether (sulfide) groups is 1. The van der Waals surface area contributed by atoms with Gasteiger partial charge in [-0.3, -0.25) is 0 Å². The van der Waals surface area contributed by atoms with Gasteiger partial charge in [-0.05, 0) is 31.7 Å². The van der Waals surface area contributed by atoms with Crippen molar-refractivity contribution in [3.63, 3.8) is 0 Å². The molecule has 0 aliphatic rings.